The average Bonchev–Trinajstić information content (AvgIpc) is 3.86. The summed E-state index contributed by atoms with van der Waals surface area (Å²) >= 11 is 0. The molecule has 1 unspecified atom stereocenters. The number of hydrogen-bond acceptors (Lipinski definition) is 1. The van der Waals surface area contributed by atoms with Gasteiger partial charge < -0.3 is 4.90 Å². The highest BCUT2D eigenvalue weighted by molar-refractivity contribution is 6.12. The lowest BCUT2D eigenvalue weighted by atomic mass is 9.59. The molecule has 7 aromatic carbocycles. The Morgan fingerprint density at radius 2 is 0.732 bits per heavy atom. The van der Waals surface area contributed by atoms with Gasteiger partial charge in [0.15, 0.2) is 0 Å². The molecule has 0 heterocycles. The fraction of sp³-hybridized carbons (Fsp3) is 0.0182. The van der Waals surface area contributed by atoms with E-state index in [1.54, 1.807) is 0 Å². The second kappa shape index (κ2) is 13.0. The number of fused-ring (bicyclic) bond motifs is 8. The van der Waals surface area contributed by atoms with Crippen LogP contribution in [0.25, 0.3) is 51.1 Å². The zero-order valence-electron chi connectivity index (χ0n) is 30.8. The van der Waals surface area contributed by atoms with Gasteiger partial charge in [-0.3, -0.25) is 0 Å². The Labute approximate surface area is 328 Å². The van der Waals surface area contributed by atoms with Crippen LogP contribution in [0.1, 0.15) is 27.8 Å². The van der Waals surface area contributed by atoms with Crippen molar-refractivity contribution in [2.24, 2.45) is 5.41 Å². The van der Waals surface area contributed by atoms with Crippen LogP contribution in [0.3, 0.4) is 0 Å². The first kappa shape index (κ1) is 32.2. The Morgan fingerprint density at radius 1 is 0.321 bits per heavy atom. The number of hydrogen-bond donors (Lipinski definition) is 0. The van der Waals surface area contributed by atoms with Crippen molar-refractivity contribution in [3.63, 3.8) is 0 Å². The fourth-order valence-corrected chi connectivity index (χ4v) is 9.44. The third-order valence-corrected chi connectivity index (χ3v) is 11.9. The Bertz CT molecular complexity index is 2790. The van der Waals surface area contributed by atoms with Crippen LogP contribution in [0.4, 0.5) is 17.1 Å². The lowest BCUT2D eigenvalue weighted by Crippen LogP contribution is -2.29. The molecule has 0 fully saturated rings. The number of benzene rings is 7. The molecule has 0 amide bonds. The highest BCUT2D eigenvalue weighted by Gasteiger charge is 2.49. The van der Waals surface area contributed by atoms with E-state index in [1.165, 1.54) is 77.9 Å². The summed E-state index contributed by atoms with van der Waals surface area (Å²) in [7, 11) is 0. The third kappa shape index (κ3) is 4.88. The van der Waals surface area contributed by atoms with Gasteiger partial charge in [-0.25, -0.2) is 0 Å². The topological polar surface area (TPSA) is 3.24 Å². The van der Waals surface area contributed by atoms with Crippen molar-refractivity contribution in [3.05, 3.63) is 251 Å². The van der Waals surface area contributed by atoms with E-state index in [-0.39, 0.29) is 0 Å². The molecular weight excluding hydrogens is 675 g/mol. The van der Waals surface area contributed by atoms with Crippen molar-refractivity contribution in [1.82, 2.24) is 0 Å². The van der Waals surface area contributed by atoms with Crippen molar-refractivity contribution in [2.75, 3.05) is 4.90 Å². The molecule has 4 aliphatic carbocycles. The maximum absolute atomic E-state index is 2.51. The SMILES string of the molecule is C1=CC2(C3=Cc4ccccc4C3=C1)C1=Cc3ccccc3C1=CC=C2c1ccccc1N(c1ccccc1-c1ccccc1)c1ccccc1-c1ccccc1. The van der Waals surface area contributed by atoms with Crippen molar-refractivity contribution < 1.29 is 0 Å². The fourth-order valence-electron chi connectivity index (χ4n) is 9.44. The molecule has 11 rings (SSSR count). The molecule has 1 heteroatoms. The zero-order chi connectivity index (χ0) is 37.1. The molecule has 262 valence electrons. The maximum atomic E-state index is 2.51. The van der Waals surface area contributed by atoms with Gasteiger partial charge in [0.1, 0.15) is 0 Å². The summed E-state index contributed by atoms with van der Waals surface area (Å²) in [5, 5.41) is 0. The van der Waals surface area contributed by atoms with Crippen LogP contribution in [0.15, 0.2) is 224 Å². The molecule has 0 saturated heterocycles. The van der Waals surface area contributed by atoms with Gasteiger partial charge in [0, 0.05) is 16.7 Å². The van der Waals surface area contributed by atoms with Crippen LogP contribution < -0.4 is 4.90 Å². The van der Waals surface area contributed by atoms with Crippen LogP contribution in [0.2, 0.25) is 0 Å². The van der Waals surface area contributed by atoms with Crippen LogP contribution in [-0.2, 0) is 0 Å². The molecule has 0 aliphatic heterocycles. The quantitative estimate of drug-likeness (QED) is 0.166. The minimum Gasteiger partial charge on any atom is -0.309 e. The minimum atomic E-state index is -0.536. The molecule has 1 spiro atoms. The number of allylic oxidation sites excluding steroid dienone is 10. The molecule has 7 aromatic rings. The monoisotopic (exact) mass is 711 g/mol. The Morgan fingerprint density at radius 3 is 1.27 bits per heavy atom. The average molecular weight is 712 g/mol. The van der Waals surface area contributed by atoms with Crippen molar-refractivity contribution in [2.45, 2.75) is 0 Å². The van der Waals surface area contributed by atoms with Gasteiger partial charge in [-0.15, -0.1) is 0 Å². The van der Waals surface area contributed by atoms with Crippen molar-refractivity contribution in [1.29, 1.82) is 0 Å². The van der Waals surface area contributed by atoms with Crippen LogP contribution in [0.5, 0.6) is 0 Å². The molecular formula is C55H37N. The molecule has 0 saturated carbocycles. The molecule has 56 heavy (non-hydrogen) atoms. The van der Waals surface area contributed by atoms with Crippen LogP contribution in [-0.4, -0.2) is 0 Å². The van der Waals surface area contributed by atoms with Crippen molar-refractivity contribution in [3.8, 4) is 22.3 Å². The predicted octanol–water partition coefficient (Wildman–Crippen LogP) is 14.4. The maximum Gasteiger partial charge on any atom is 0.0654 e. The van der Waals surface area contributed by atoms with Gasteiger partial charge in [-0.2, -0.15) is 0 Å². The molecule has 0 radical (unpaired) electrons. The van der Waals surface area contributed by atoms with E-state index in [1.807, 2.05) is 0 Å². The van der Waals surface area contributed by atoms with Gasteiger partial charge in [0.05, 0.1) is 22.5 Å². The minimum absolute atomic E-state index is 0.536. The standard InChI is InChI=1S/C55H37N/c1-3-18-38(19-4-1)44-26-11-14-30-52(44)56(53-31-15-12-27-45(53)39-20-5-2-6-21-39)54-32-16-13-28-48(54)49-34-33-47-43-25-10-8-23-41(43)37-51(47)55(49)35-17-29-46-42-24-9-7-22-40(42)36-50(46)55/h1-37H. The first-order chi connectivity index (χ1) is 27.8. The van der Waals surface area contributed by atoms with E-state index in [0.29, 0.717) is 0 Å². The van der Waals surface area contributed by atoms with Gasteiger partial charge >= 0.3 is 0 Å². The van der Waals surface area contributed by atoms with E-state index in [9.17, 15) is 0 Å². The highest BCUT2D eigenvalue weighted by Crippen LogP contribution is 2.64. The summed E-state index contributed by atoms with van der Waals surface area (Å²) in [4.78, 5) is 2.51. The van der Waals surface area contributed by atoms with Gasteiger partial charge in [-0.05, 0) is 91.6 Å². The normalized spacial score (nSPS) is 17.1. The van der Waals surface area contributed by atoms with Gasteiger partial charge in [0.2, 0.25) is 0 Å². The third-order valence-electron chi connectivity index (χ3n) is 11.9. The number of nitrogens with zero attached hydrogens (tertiary/aromatic N) is 1. The molecule has 0 N–H and O–H groups in total. The Balaban J connectivity index is 1.20. The first-order valence-corrected chi connectivity index (χ1v) is 19.4. The highest BCUT2D eigenvalue weighted by atomic mass is 15.1. The second-order valence-corrected chi connectivity index (χ2v) is 14.8. The Hall–Kier alpha value is -7.22. The number of para-hydroxylation sites is 3. The molecule has 1 nitrogen and oxygen atoms in total. The number of anilines is 3. The second-order valence-electron chi connectivity index (χ2n) is 14.8. The van der Waals surface area contributed by atoms with E-state index >= 15 is 0 Å². The summed E-state index contributed by atoms with van der Waals surface area (Å²) in [6.07, 6.45) is 16.7. The number of rotatable bonds is 6. The van der Waals surface area contributed by atoms with Gasteiger partial charge in [-0.1, -0.05) is 194 Å². The molecule has 4 aliphatic rings. The Kier molecular flexibility index (Phi) is 7.47. The van der Waals surface area contributed by atoms with E-state index in [4.69, 9.17) is 0 Å². The summed E-state index contributed by atoms with van der Waals surface area (Å²) in [5.74, 6) is 0. The van der Waals surface area contributed by atoms with Crippen LogP contribution in [0, 0.1) is 5.41 Å². The van der Waals surface area contributed by atoms with E-state index < -0.39 is 5.41 Å². The summed E-state index contributed by atoms with van der Waals surface area (Å²) in [6.45, 7) is 0. The summed E-state index contributed by atoms with van der Waals surface area (Å²) in [6, 6.07) is 66.0. The smallest absolute Gasteiger partial charge is 0.0654 e. The van der Waals surface area contributed by atoms with E-state index in [0.717, 1.165) is 17.1 Å². The van der Waals surface area contributed by atoms with Crippen molar-refractivity contribution >= 4 is 45.9 Å². The largest absolute Gasteiger partial charge is 0.309 e. The molecule has 0 aromatic heterocycles. The lowest BCUT2D eigenvalue weighted by molar-refractivity contribution is 0.779. The summed E-state index contributed by atoms with van der Waals surface area (Å²) < 4.78 is 0. The first-order valence-electron chi connectivity index (χ1n) is 19.4. The predicted molar refractivity (Wildman–Crippen MR) is 236 cm³/mol. The zero-order valence-corrected chi connectivity index (χ0v) is 30.8. The van der Waals surface area contributed by atoms with Crippen LogP contribution >= 0.6 is 0 Å². The molecule has 1 atom stereocenters. The van der Waals surface area contributed by atoms with Gasteiger partial charge in [0.25, 0.3) is 0 Å². The summed E-state index contributed by atoms with van der Waals surface area (Å²) in [5.41, 5.74) is 20.4. The molecule has 0 bridgehead atoms. The lowest BCUT2D eigenvalue weighted by Gasteiger charge is -2.43. The van der Waals surface area contributed by atoms with E-state index in [2.05, 4.69) is 229 Å².